The van der Waals surface area contributed by atoms with E-state index < -0.39 is 30.3 Å². The third-order valence-corrected chi connectivity index (χ3v) is 5.44. The lowest BCUT2D eigenvalue weighted by Gasteiger charge is -2.19. The largest absolute Gasteiger partial charge is 0.459 e. The number of pyridine rings is 1. The quantitative estimate of drug-likeness (QED) is 0.422. The van der Waals surface area contributed by atoms with Crippen LogP contribution in [0, 0.1) is 25.7 Å². The maximum absolute atomic E-state index is 12.7. The molecule has 0 unspecified atom stereocenters. The summed E-state index contributed by atoms with van der Waals surface area (Å²) >= 11 is 0. The van der Waals surface area contributed by atoms with Crippen molar-refractivity contribution in [2.24, 2.45) is 0 Å². The minimum Gasteiger partial charge on any atom is -0.459 e. The Labute approximate surface area is 198 Å². The molecular formula is C28H25NO5. The highest BCUT2D eigenvalue weighted by atomic mass is 16.6. The third-order valence-electron chi connectivity index (χ3n) is 5.44. The van der Waals surface area contributed by atoms with Crippen molar-refractivity contribution < 1.29 is 23.8 Å². The van der Waals surface area contributed by atoms with Crippen molar-refractivity contribution in [2.75, 3.05) is 6.61 Å². The number of carbonyl (C=O) groups is 2. The zero-order chi connectivity index (χ0) is 23.9. The second kappa shape index (κ2) is 10.8. The zero-order valence-corrected chi connectivity index (χ0v) is 19.1. The first-order valence-electron chi connectivity index (χ1n) is 11.1. The molecule has 0 radical (unpaired) electrons. The number of ether oxygens (including phenoxy) is 3. The molecule has 2 aromatic carbocycles. The molecule has 0 bridgehead atoms. The molecule has 0 amide bonds. The van der Waals surface area contributed by atoms with Crippen LogP contribution in [0.5, 0.6) is 0 Å². The number of nitrogens with zero attached hydrogens (tertiary/aromatic N) is 1. The van der Waals surface area contributed by atoms with Crippen LogP contribution >= 0.6 is 0 Å². The van der Waals surface area contributed by atoms with Crippen molar-refractivity contribution in [1.29, 1.82) is 0 Å². The van der Waals surface area contributed by atoms with Crippen LogP contribution in [-0.4, -0.2) is 41.8 Å². The maximum atomic E-state index is 12.7. The molecule has 0 spiro atoms. The Morgan fingerprint density at radius 3 is 2.21 bits per heavy atom. The predicted molar refractivity (Wildman–Crippen MR) is 126 cm³/mol. The van der Waals surface area contributed by atoms with Gasteiger partial charge < -0.3 is 14.2 Å². The van der Waals surface area contributed by atoms with E-state index in [9.17, 15) is 9.59 Å². The highest BCUT2D eigenvalue weighted by molar-refractivity contribution is 5.90. The molecule has 0 saturated carbocycles. The number of esters is 2. The fraction of sp³-hybridized carbons (Fsp3) is 0.250. The SMILES string of the molecule is Cc1ccc(C(=O)OC[C@H]2O[C@@H](C#Cc3ccccn3)C[C@@H]2OC(=O)c2ccc(C)cc2)cc1. The van der Waals surface area contributed by atoms with Crippen molar-refractivity contribution >= 4 is 11.9 Å². The molecule has 1 aliphatic heterocycles. The van der Waals surface area contributed by atoms with Gasteiger partial charge in [0.05, 0.1) is 11.1 Å². The van der Waals surface area contributed by atoms with Gasteiger partial charge in [0, 0.05) is 12.6 Å². The molecule has 6 heteroatoms. The molecule has 0 N–H and O–H groups in total. The van der Waals surface area contributed by atoms with Crippen molar-refractivity contribution in [1.82, 2.24) is 4.98 Å². The summed E-state index contributed by atoms with van der Waals surface area (Å²) in [6.07, 6.45) is 0.304. The van der Waals surface area contributed by atoms with Gasteiger partial charge in [-0.05, 0) is 56.2 Å². The van der Waals surface area contributed by atoms with Crippen molar-refractivity contribution in [3.05, 3.63) is 101 Å². The standard InChI is InChI=1S/C28H25NO5/c1-19-6-10-21(11-7-19)27(30)32-18-26-25(34-28(31)22-12-8-20(2)9-13-22)17-24(33-26)15-14-23-5-3-4-16-29-23/h3-13,16,24-26H,17-18H2,1-2H3/t24-,25-,26+/m0/s1. The lowest BCUT2D eigenvalue weighted by Crippen LogP contribution is -2.32. The van der Waals surface area contributed by atoms with Crippen LogP contribution in [0.15, 0.2) is 72.9 Å². The summed E-state index contributed by atoms with van der Waals surface area (Å²) in [5.41, 5.74) is 3.61. The van der Waals surface area contributed by atoms with E-state index in [1.165, 1.54) is 0 Å². The van der Waals surface area contributed by atoms with Crippen LogP contribution in [0.3, 0.4) is 0 Å². The minimum absolute atomic E-state index is 0.0552. The number of carbonyl (C=O) groups excluding carboxylic acids is 2. The normalized spacial score (nSPS) is 19.1. The number of hydrogen-bond donors (Lipinski definition) is 0. The molecule has 4 rings (SSSR count). The molecule has 1 saturated heterocycles. The van der Waals surface area contributed by atoms with Gasteiger partial charge in [-0.1, -0.05) is 47.4 Å². The minimum atomic E-state index is -0.633. The maximum Gasteiger partial charge on any atom is 0.338 e. The average molecular weight is 456 g/mol. The summed E-state index contributed by atoms with van der Waals surface area (Å²) in [5, 5.41) is 0. The Balaban J connectivity index is 1.45. The summed E-state index contributed by atoms with van der Waals surface area (Å²) in [6.45, 7) is 3.84. The van der Waals surface area contributed by atoms with Gasteiger partial charge in [-0.25, -0.2) is 14.6 Å². The van der Waals surface area contributed by atoms with Crippen molar-refractivity contribution in [3.8, 4) is 11.8 Å². The summed E-state index contributed by atoms with van der Waals surface area (Å²) in [5.74, 6) is 5.10. The van der Waals surface area contributed by atoms with E-state index in [1.54, 1.807) is 36.5 Å². The molecule has 1 aromatic heterocycles. The Morgan fingerprint density at radius 2 is 1.59 bits per heavy atom. The van der Waals surface area contributed by atoms with Crippen molar-refractivity contribution in [3.63, 3.8) is 0 Å². The smallest absolute Gasteiger partial charge is 0.338 e. The first kappa shape index (κ1) is 23.2. The van der Waals surface area contributed by atoms with Gasteiger partial charge in [-0.2, -0.15) is 0 Å². The van der Waals surface area contributed by atoms with E-state index in [2.05, 4.69) is 16.8 Å². The van der Waals surface area contributed by atoms with Crippen LogP contribution in [-0.2, 0) is 14.2 Å². The number of hydrogen-bond acceptors (Lipinski definition) is 6. The summed E-state index contributed by atoms with van der Waals surface area (Å²) < 4.78 is 17.2. The average Bonchev–Trinajstić information content (AvgIpc) is 3.24. The highest BCUT2D eigenvalue weighted by Gasteiger charge is 2.38. The molecule has 1 fully saturated rings. The summed E-state index contributed by atoms with van der Waals surface area (Å²) in [4.78, 5) is 29.4. The van der Waals surface area contributed by atoms with Gasteiger partial charge in [0.15, 0.2) is 0 Å². The van der Waals surface area contributed by atoms with E-state index >= 15 is 0 Å². The molecule has 6 nitrogen and oxygen atoms in total. The lowest BCUT2D eigenvalue weighted by atomic mass is 10.1. The van der Waals surface area contributed by atoms with Crippen molar-refractivity contribution in [2.45, 2.75) is 38.6 Å². The van der Waals surface area contributed by atoms with E-state index in [0.717, 1.165) is 11.1 Å². The molecule has 2 heterocycles. The molecular weight excluding hydrogens is 430 g/mol. The summed E-state index contributed by atoms with van der Waals surface area (Å²) in [6, 6.07) is 19.7. The number of rotatable bonds is 5. The van der Waals surface area contributed by atoms with Gasteiger partial charge in [0.1, 0.15) is 30.6 Å². The fourth-order valence-electron chi connectivity index (χ4n) is 3.50. The van der Waals surface area contributed by atoms with E-state index in [-0.39, 0.29) is 6.61 Å². The Kier molecular flexibility index (Phi) is 7.36. The van der Waals surface area contributed by atoms with E-state index in [0.29, 0.717) is 23.2 Å². The summed E-state index contributed by atoms with van der Waals surface area (Å²) in [7, 11) is 0. The first-order chi connectivity index (χ1) is 16.5. The van der Waals surface area contributed by atoms with E-state index in [4.69, 9.17) is 14.2 Å². The number of aryl methyl sites for hydroxylation is 2. The van der Waals surface area contributed by atoms with Crippen LogP contribution in [0.25, 0.3) is 0 Å². The highest BCUT2D eigenvalue weighted by Crippen LogP contribution is 2.25. The lowest BCUT2D eigenvalue weighted by molar-refractivity contribution is -0.0348. The zero-order valence-electron chi connectivity index (χ0n) is 19.1. The number of aromatic nitrogens is 1. The first-order valence-corrected chi connectivity index (χ1v) is 11.1. The Bertz CT molecular complexity index is 1190. The molecule has 172 valence electrons. The molecule has 3 aromatic rings. The van der Waals surface area contributed by atoms with Gasteiger partial charge in [-0.3, -0.25) is 0 Å². The second-order valence-electron chi connectivity index (χ2n) is 8.16. The second-order valence-corrected chi connectivity index (χ2v) is 8.16. The Hall–Kier alpha value is -3.95. The predicted octanol–water partition coefficient (Wildman–Crippen LogP) is 4.29. The van der Waals surface area contributed by atoms with Gasteiger partial charge in [0.2, 0.25) is 0 Å². The van der Waals surface area contributed by atoms with Crippen LogP contribution in [0.1, 0.15) is 44.0 Å². The Morgan fingerprint density at radius 1 is 0.941 bits per heavy atom. The van der Waals surface area contributed by atoms with Gasteiger partial charge in [-0.15, -0.1) is 0 Å². The molecule has 34 heavy (non-hydrogen) atoms. The molecule has 1 aliphatic rings. The topological polar surface area (TPSA) is 74.7 Å². The third kappa shape index (κ3) is 6.09. The monoisotopic (exact) mass is 455 g/mol. The van der Waals surface area contributed by atoms with Crippen LogP contribution < -0.4 is 0 Å². The van der Waals surface area contributed by atoms with E-state index in [1.807, 2.05) is 50.2 Å². The molecule has 0 aliphatic carbocycles. The number of benzene rings is 2. The van der Waals surface area contributed by atoms with Gasteiger partial charge in [0.25, 0.3) is 0 Å². The van der Waals surface area contributed by atoms with Crippen LogP contribution in [0.2, 0.25) is 0 Å². The fourth-order valence-corrected chi connectivity index (χ4v) is 3.50. The van der Waals surface area contributed by atoms with Gasteiger partial charge >= 0.3 is 11.9 Å². The van der Waals surface area contributed by atoms with Crippen LogP contribution in [0.4, 0.5) is 0 Å². The molecule has 3 atom stereocenters.